The van der Waals surface area contributed by atoms with E-state index < -0.39 is 23.4 Å². The van der Waals surface area contributed by atoms with Crippen LogP contribution in [0.1, 0.15) is 24.0 Å². The molecule has 2 aromatic rings. The second-order valence-corrected chi connectivity index (χ2v) is 7.22. The van der Waals surface area contributed by atoms with Crippen molar-refractivity contribution in [2.45, 2.75) is 31.6 Å². The topological polar surface area (TPSA) is 48.5 Å². The Kier molecular flexibility index (Phi) is 6.42. The summed E-state index contributed by atoms with van der Waals surface area (Å²) < 4.78 is 64.2. The first-order valence-electron chi connectivity index (χ1n) is 9.37. The molecule has 1 aromatic heterocycles. The predicted molar refractivity (Wildman–Crippen MR) is 101 cm³/mol. The van der Waals surface area contributed by atoms with E-state index in [1.807, 2.05) is 4.90 Å². The molecule has 0 aliphatic carbocycles. The van der Waals surface area contributed by atoms with E-state index in [-0.39, 0.29) is 18.6 Å². The minimum Gasteiger partial charge on any atom is -0.356 e. The van der Waals surface area contributed by atoms with E-state index >= 15 is 0 Å². The minimum absolute atomic E-state index is 0.101. The van der Waals surface area contributed by atoms with E-state index in [2.05, 4.69) is 10.3 Å². The lowest BCUT2D eigenvalue weighted by molar-refractivity contribution is -0.137. The fraction of sp³-hybridized carbons (Fsp3) is 0.400. The largest absolute Gasteiger partial charge is 0.417 e. The van der Waals surface area contributed by atoms with Crippen molar-refractivity contribution in [3.05, 3.63) is 59.3 Å². The van der Waals surface area contributed by atoms with Crippen molar-refractivity contribution in [2.24, 2.45) is 0 Å². The summed E-state index contributed by atoms with van der Waals surface area (Å²) in [5.41, 5.74) is -0.327. The summed E-state index contributed by atoms with van der Waals surface area (Å²) in [4.78, 5) is 19.5. The highest BCUT2D eigenvalue weighted by atomic mass is 19.4. The highest BCUT2D eigenvalue weighted by Gasteiger charge is 2.31. The molecule has 0 atom stereocenters. The monoisotopic (exact) mass is 428 g/mol. The van der Waals surface area contributed by atoms with Crippen molar-refractivity contribution in [3.8, 4) is 0 Å². The summed E-state index contributed by atoms with van der Waals surface area (Å²) >= 11 is 0. The molecule has 2 amide bonds. The summed E-state index contributed by atoms with van der Waals surface area (Å²) in [5, 5.41) is 2.89. The molecule has 3 rings (SSSR count). The van der Waals surface area contributed by atoms with Crippen LogP contribution in [0.4, 0.5) is 32.6 Å². The zero-order chi connectivity index (χ0) is 21.9. The van der Waals surface area contributed by atoms with Crippen LogP contribution in [0.5, 0.6) is 0 Å². The average Bonchev–Trinajstić information content (AvgIpc) is 2.71. The summed E-state index contributed by atoms with van der Waals surface area (Å²) in [5.74, 6) is -1.45. The quantitative estimate of drug-likeness (QED) is 0.743. The molecule has 1 N–H and O–H groups in total. The molecule has 0 unspecified atom stereocenters. The van der Waals surface area contributed by atoms with Crippen molar-refractivity contribution in [1.29, 1.82) is 0 Å². The molecule has 10 heteroatoms. The molecule has 1 fully saturated rings. The van der Waals surface area contributed by atoms with Crippen LogP contribution in [0.3, 0.4) is 0 Å². The molecule has 5 nitrogen and oxygen atoms in total. The number of hydrogen-bond acceptors (Lipinski definition) is 3. The SMILES string of the molecule is CN(Cc1ccc(F)c(F)c1)C(=O)NC1CCN(c2ccc(C(F)(F)F)cn2)CC1. The zero-order valence-electron chi connectivity index (χ0n) is 16.2. The van der Waals surface area contributed by atoms with Crippen molar-refractivity contribution in [3.63, 3.8) is 0 Å². The Labute approximate surface area is 170 Å². The van der Waals surface area contributed by atoms with Crippen molar-refractivity contribution in [2.75, 3.05) is 25.0 Å². The Balaban J connectivity index is 1.49. The highest BCUT2D eigenvalue weighted by Crippen LogP contribution is 2.29. The molecule has 1 aliphatic heterocycles. The molecule has 0 radical (unpaired) electrons. The third-order valence-electron chi connectivity index (χ3n) is 4.97. The van der Waals surface area contributed by atoms with Crippen molar-refractivity contribution in [1.82, 2.24) is 15.2 Å². The first-order chi connectivity index (χ1) is 14.1. The number of nitrogens with zero attached hydrogens (tertiary/aromatic N) is 3. The zero-order valence-corrected chi connectivity index (χ0v) is 16.2. The molecule has 1 aliphatic rings. The van der Waals surface area contributed by atoms with E-state index in [4.69, 9.17) is 0 Å². The number of amides is 2. The highest BCUT2D eigenvalue weighted by molar-refractivity contribution is 5.74. The smallest absolute Gasteiger partial charge is 0.356 e. The fourth-order valence-corrected chi connectivity index (χ4v) is 3.26. The maximum Gasteiger partial charge on any atom is 0.417 e. The van der Waals surface area contributed by atoms with Gasteiger partial charge in [0, 0.05) is 38.9 Å². The van der Waals surface area contributed by atoms with Gasteiger partial charge in [-0.15, -0.1) is 0 Å². The van der Waals surface area contributed by atoms with Gasteiger partial charge in [0.2, 0.25) is 0 Å². The van der Waals surface area contributed by atoms with Crippen LogP contribution in [-0.4, -0.2) is 42.1 Å². The second kappa shape index (κ2) is 8.85. The van der Waals surface area contributed by atoms with Crippen LogP contribution in [0.2, 0.25) is 0 Å². The van der Waals surface area contributed by atoms with Gasteiger partial charge in [-0.1, -0.05) is 6.07 Å². The van der Waals surface area contributed by atoms with Gasteiger partial charge in [-0.05, 0) is 42.7 Å². The number of urea groups is 1. The number of benzene rings is 1. The minimum atomic E-state index is -4.42. The fourth-order valence-electron chi connectivity index (χ4n) is 3.26. The lowest BCUT2D eigenvalue weighted by Crippen LogP contribution is -2.48. The first kappa shape index (κ1) is 21.8. The molecule has 0 spiro atoms. The number of pyridine rings is 1. The number of nitrogens with one attached hydrogen (secondary N) is 1. The standard InChI is InChI=1S/C20H21F5N4O/c1-28(12-13-2-4-16(21)17(22)10-13)19(30)27-15-6-8-29(9-7-15)18-5-3-14(11-26-18)20(23,24)25/h2-5,10-11,15H,6-9,12H2,1H3,(H,27,30). The number of carbonyl (C=O) groups excluding carboxylic acids is 1. The van der Waals surface area contributed by atoms with Crippen LogP contribution < -0.4 is 10.2 Å². The van der Waals surface area contributed by atoms with Gasteiger partial charge in [0.15, 0.2) is 11.6 Å². The van der Waals surface area contributed by atoms with Crippen molar-refractivity contribution < 1.29 is 26.7 Å². The molecule has 0 bridgehead atoms. The number of halogens is 5. The Bertz CT molecular complexity index is 880. The molecule has 162 valence electrons. The maximum atomic E-state index is 13.3. The lowest BCUT2D eigenvalue weighted by atomic mass is 10.1. The molecule has 0 saturated carbocycles. The normalized spacial score (nSPS) is 15.2. The van der Waals surface area contributed by atoms with Gasteiger partial charge in [0.25, 0.3) is 0 Å². The number of carbonyl (C=O) groups is 1. The van der Waals surface area contributed by atoms with Crippen LogP contribution in [0.15, 0.2) is 36.5 Å². The summed E-state index contributed by atoms with van der Waals surface area (Å²) in [6.07, 6.45) is -2.40. The van der Waals surface area contributed by atoms with Gasteiger partial charge in [-0.2, -0.15) is 13.2 Å². The van der Waals surface area contributed by atoms with Crippen LogP contribution in [0.25, 0.3) is 0 Å². The summed E-state index contributed by atoms with van der Waals surface area (Å²) in [6, 6.07) is 5.38. The van der Waals surface area contributed by atoms with E-state index in [1.54, 1.807) is 7.05 Å². The second-order valence-electron chi connectivity index (χ2n) is 7.22. The number of alkyl halides is 3. The van der Waals surface area contributed by atoms with Gasteiger partial charge in [0.1, 0.15) is 5.82 Å². The van der Waals surface area contributed by atoms with Gasteiger partial charge >= 0.3 is 12.2 Å². The Morgan fingerprint density at radius 2 is 1.87 bits per heavy atom. The molecule has 1 aromatic carbocycles. The number of aromatic nitrogens is 1. The molecule has 1 saturated heterocycles. The van der Waals surface area contributed by atoms with Gasteiger partial charge in [0.05, 0.1) is 5.56 Å². The van der Waals surface area contributed by atoms with Gasteiger partial charge in [-0.3, -0.25) is 0 Å². The van der Waals surface area contributed by atoms with E-state index in [0.717, 1.165) is 24.4 Å². The predicted octanol–water partition coefficient (Wildman–Crippen LogP) is 4.19. The van der Waals surface area contributed by atoms with Crippen LogP contribution >= 0.6 is 0 Å². The van der Waals surface area contributed by atoms with Crippen LogP contribution in [-0.2, 0) is 12.7 Å². The summed E-state index contributed by atoms with van der Waals surface area (Å²) in [6.45, 7) is 1.20. The Morgan fingerprint density at radius 3 is 2.43 bits per heavy atom. The Hall–Kier alpha value is -2.91. The van der Waals surface area contributed by atoms with Crippen molar-refractivity contribution >= 4 is 11.8 Å². The molecule has 30 heavy (non-hydrogen) atoms. The number of anilines is 1. The van der Waals surface area contributed by atoms with E-state index in [9.17, 15) is 26.7 Å². The number of hydrogen-bond donors (Lipinski definition) is 1. The average molecular weight is 428 g/mol. The third-order valence-corrected chi connectivity index (χ3v) is 4.97. The number of piperidine rings is 1. The number of rotatable bonds is 4. The molecule has 2 heterocycles. The first-order valence-corrected chi connectivity index (χ1v) is 9.37. The van der Waals surface area contributed by atoms with E-state index in [0.29, 0.717) is 37.3 Å². The van der Waals surface area contributed by atoms with Gasteiger partial charge < -0.3 is 15.1 Å². The summed E-state index contributed by atoms with van der Waals surface area (Å²) in [7, 11) is 1.55. The van der Waals surface area contributed by atoms with E-state index in [1.165, 1.54) is 17.0 Å². The molecular formula is C20H21F5N4O. The van der Waals surface area contributed by atoms with Crippen LogP contribution in [0, 0.1) is 11.6 Å². The third kappa shape index (κ3) is 5.37. The van der Waals surface area contributed by atoms with Gasteiger partial charge in [-0.25, -0.2) is 18.6 Å². The molecular weight excluding hydrogens is 407 g/mol. The lowest BCUT2D eigenvalue weighted by Gasteiger charge is -2.34. The Morgan fingerprint density at radius 1 is 1.17 bits per heavy atom. The maximum absolute atomic E-state index is 13.3.